The molecule has 0 radical (unpaired) electrons. The number of esters is 1. The second-order valence-electron chi connectivity index (χ2n) is 4.41. The Morgan fingerprint density at radius 1 is 1.30 bits per heavy atom. The van der Waals surface area contributed by atoms with E-state index in [-0.39, 0.29) is 0 Å². The van der Waals surface area contributed by atoms with Crippen LogP contribution in [0.15, 0.2) is 46.6 Å². The Morgan fingerprint density at radius 2 is 2.05 bits per heavy atom. The van der Waals surface area contributed by atoms with Crippen LogP contribution in [-0.4, -0.2) is 11.1 Å². The van der Waals surface area contributed by atoms with Gasteiger partial charge in [-0.25, -0.2) is 4.79 Å². The van der Waals surface area contributed by atoms with Gasteiger partial charge in [0.2, 0.25) is 0 Å². The number of ether oxygens (including phenoxy) is 1. The summed E-state index contributed by atoms with van der Waals surface area (Å²) in [4.78, 5) is 11.8. The molecule has 0 bridgehead atoms. The van der Waals surface area contributed by atoms with Gasteiger partial charge in [0.05, 0.1) is 0 Å². The van der Waals surface area contributed by atoms with Crippen molar-refractivity contribution in [2.24, 2.45) is 0 Å². The van der Waals surface area contributed by atoms with Gasteiger partial charge in [0.15, 0.2) is 5.82 Å². The Hall–Kier alpha value is -2.27. The molecule has 1 N–H and O–H groups in total. The summed E-state index contributed by atoms with van der Waals surface area (Å²) in [6.45, 7) is 1.77. The molecule has 1 atom stereocenters. The van der Waals surface area contributed by atoms with Crippen molar-refractivity contribution in [1.29, 1.82) is 0 Å². The summed E-state index contributed by atoms with van der Waals surface area (Å²) in [7, 11) is 0. The van der Waals surface area contributed by atoms with Crippen LogP contribution in [0.3, 0.4) is 0 Å². The third-order valence-electron chi connectivity index (χ3n) is 2.86. The molecule has 6 heteroatoms. The number of aryl methyl sites for hydroxylation is 1. The maximum atomic E-state index is 11.8. The van der Waals surface area contributed by atoms with Crippen LogP contribution in [0.1, 0.15) is 17.4 Å². The highest BCUT2D eigenvalue weighted by molar-refractivity contribution is 6.30. The minimum Gasteiger partial charge on any atom is -0.448 e. The molecular weight excluding hydrogens is 280 g/mol. The molecule has 0 saturated carbocycles. The summed E-state index contributed by atoms with van der Waals surface area (Å²) in [6.07, 6.45) is 1.28. The van der Waals surface area contributed by atoms with Gasteiger partial charge in [0.1, 0.15) is 17.6 Å². The molecule has 1 aliphatic rings. The molecule has 0 amide bonds. The van der Waals surface area contributed by atoms with Gasteiger partial charge in [-0.1, -0.05) is 28.9 Å². The van der Waals surface area contributed by atoms with E-state index in [4.69, 9.17) is 20.9 Å². The molecule has 1 unspecified atom stereocenters. The van der Waals surface area contributed by atoms with E-state index >= 15 is 0 Å². The first-order chi connectivity index (χ1) is 9.61. The van der Waals surface area contributed by atoms with Crippen LogP contribution in [0, 0.1) is 6.92 Å². The number of aromatic nitrogens is 1. The lowest BCUT2D eigenvalue weighted by Crippen LogP contribution is -2.08. The lowest BCUT2D eigenvalue weighted by atomic mass is 10.1. The number of nitrogens with one attached hydrogen (secondary N) is 1. The van der Waals surface area contributed by atoms with Crippen molar-refractivity contribution in [2.75, 3.05) is 5.32 Å². The summed E-state index contributed by atoms with van der Waals surface area (Å²) >= 11 is 5.83. The lowest BCUT2D eigenvalue weighted by Gasteiger charge is -2.07. The third kappa shape index (κ3) is 2.53. The van der Waals surface area contributed by atoms with Crippen LogP contribution in [-0.2, 0) is 9.53 Å². The van der Waals surface area contributed by atoms with E-state index in [0.717, 1.165) is 5.56 Å². The van der Waals surface area contributed by atoms with E-state index in [9.17, 15) is 4.79 Å². The maximum absolute atomic E-state index is 11.8. The highest BCUT2D eigenvalue weighted by Crippen LogP contribution is 2.29. The van der Waals surface area contributed by atoms with Crippen molar-refractivity contribution in [1.82, 2.24) is 5.16 Å². The number of halogens is 1. The molecule has 102 valence electrons. The van der Waals surface area contributed by atoms with Gasteiger partial charge < -0.3 is 14.6 Å². The average Bonchev–Trinajstić information content (AvgIpc) is 2.98. The molecule has 5 nitrogen and oxygen atoms in total. The number of carbonyl (C=O) groups is 1. The van der Waals surface area contributed by atoms with Crippen LogP contribution >= 0.6 is 11.6 Å². The Kier molecular flexibility index (Phi) is 3.20. The van der Waals surface area contributed by atoms with E-state index in [1.54, 1.807) is 31.2 Å². The summed E-state index contributed by atoms with van der Waals surface area (Å²) in [6, 6.07) is 8.85. The predicted octanol–water partition coefficient (Wildman–Crippen LogP) is 3.23. The minimum atomic E-state index is -0.425. The van der Waals surface area contributed by atoms with Crippen LogP contribution in [0.5, 0.6) is 0 Å². The average molecular weight is 291 g/mol. The fraction of sp³-hybridized carbons (Fsp3) is 0.143. The molecule has 2 aromatic rings. The largest absolute Gasteiger partial charge is 0.448 e. The maximum Gasteiger partial charge on any atom is 0.355 e. The van der Waals surface area contributed by atoms with Gasteiger partial charge in [-0.2, -0.15) is 0 Å². The van der Waals surface area contributed by atoms with Gasteiger partial charge in [-0.05, 0) is 30.7 Å². The van der Waals surface area contributed by atoms with Gasteiger partial charge in [0.25, 0.3) is 0 Å². The Balaban J connectivity index is 1.79. The van der Waals surface area contributed by atoms with Crippen LogP contribution in [0.25, 0.3) is 0 Å². The number of benzene rings is 1. The third-order valence-corrected chi connectivity index (χ3v) is 3.11. The lowest BCUT2D eigenvalue weighted by molar-refractivity contribution is -0.139. The first kappa shape index (κ1) is 12.7. The van der Waals surface area contributed by atoms with E-state index in [2.05, 4.69) is 10.5 Å². The molecule has 0 spiro atoms. The quantitative estimate of drug-likeness (QED) is 0.879. The van der Waals surface area contributed by atoms with Crippen LogP contribution in [0.2, 0.25) is 5.02 Å². The molecule has 0 fully saturated rings. The SMILES string of the molecule is Cc1cc(NC2=CC(c3ccc(Cl)cc3)OC2=O)no1. The van der Waals surface area contributed by atoms with Crippen molar-refractivity contribution in [3.8, 4) is 0 Å². The second kappa shape index (κ2) is 5.02. The van der Waals surface area contributed by atoms with E-state index in [1.807, 2.05) is 12.1 Å². The predicted molar refractivity (Wildman–Crippen MR) is 73.2 cm³/mol. The smallest absolute Gasteiger partial charge is 0.355 e. The molecule has 1 aromatic carbocycles. The Morgan fingerprint density at radius 3 is 2.70 bits per heavy atom. The number of anilines is 1. The monoisotopic (exact) mass is 290 g/mol. The minimum absolute atomic E-state index is 0.346. The highest BCUT2D eigenvalue weighted by atomic mass is 35.5. The number of cyclic esters (lactones) is 1. The van der Waals surface area contributed by atoms with Crippen molar-refractivity contribution in [2.45, 2.75) is 13.0 Å². The molecule has 2 heterocycles. The van der Waals surface area contributed by atoms with Gasteiger partial charge in [-0.3, -0.25) is 0 Å². The van der Waals surface area contributed by atoms with Crippen LogP contribution in [0.4, 0.5) is 5.82 Å². The highest BCUT2D eigenvalue weighted by Gasteiger charge is 2.27. The zero-order valence-electron chi connectivity index (χ0n) is 10.6. The summed E-state index contributed by atoms with van der Waals surface area (Å²) in [5.41, 5.74) is 1.20. The standard InChI is InChI=1S/C14H11ClN2O3/c1-8-6-13(17-20-8)16-11-7-12(19-14(11)18)9-2-4-10(15)5-3-9/h2-7,12H,1H3,(H,16,17). The fourth-order valence-corrected chi connectivity index (χ4v) is 2.03. The molecule has 0 saturated heterocycles. The number of hydrogen-bond acceptors (Lipinski definition) is 5. The van der Waals surface area contributed by atoms with Crippen molar-refractivity contribution >= 4 is 23.4 Å². The molecular formula is C14H11ClN2O3. The topological polar surface area (TPSA) is 64.4 Å². The Bertz CT molecular complexity index is 676. The molecule has 3 rings (SSSR count). The Labute approximate surface area is 120 Å². The molecule has 1 aromatic heterocycles. The normalized spacial score (nSPS) is 17.8. The van der Waals surface area contributed by atoms with E-state index in [1.165, 1.54) is 0 Å². The zero-order chi connectivity index (χ0) is 14.1. The first-order valence-corrected chi connectivity index (χ1v) is 6.38. The summed E-state index contributed by atoms with van der Waals surface area (Å²) in [5.74, 6) is 0.710. The number of carbonyl (C=O) groups excluding carboxylic acids is 1. The van der Waals surface area contributed by atoms with E-state index in [0.29, 0.717) is 22.3 Å². The number of rotatable bonds is 3. The molecule has 0 aliphatic carbocycles. The summed E-state index contributed by atoms with van der Waals surface area (Å²) < 4.78 is 10.2. The summed E-state index contributed by atoms with van der Waals surface area (Å²) in [5, 5.41) is 7.29. The zero-order valence-corrected chi connectivity index (χ0v) is 11.3. The van der Waals surface area contributed by atoms with Gasteiger partial charge in [0, 0.05) is 11.1 Å². The fourth-order valence-electron chi connectivity index (χ4n) is 1.90. The van der Waals surface area contributed by atoms with Crippen molar-refractivity contribution < 1.29 is 14.1 Å². The molecule has 20 heavy (non-hydrogen) atoms. The van der Waals surface area contributed by atoms with Gasteiger partial charge >= 0.3 is 5.97 Å². The van der Waals surface area contributed by atoms with Gasteiger partial charge in [-0.15, -0.1) is 0 Å². The molecule has 1 aliphatic heterocycles. The van der Waals surface area contributed by atoms with E-state index < -0.39 is 12.1 Å². The first-order valence-electron chi connectivity index (χ1n) is 6.00. The second-order valence-corrected chi connectivity index (χ2v) is 4.84. The van der Waals surface area contributed by atoms with Crippen molar-refractivity contribution in [3.05, 3.63) is 58.5 Å². The number of nitrogens with zero attached hydrogens (tertiary/aromatic N) is 1. The van der Waals surface area contributed by atoms with Crippen LogP contribution < -0.4 is 5.32 Å². The van der Waals surface area contributed by atoms with Crippen molar-refractivity contribution in [3.63, 3.8) is 0 Å². The number of hydrogen-bond donors (Lipinski definition) is 1.